The van der Waals surface area contributed by atoms with Gasteiger partial charge in [-0.1, -0.05) is 0 Å². The standard InChI is InChI=1S/C10H22N2O4S/c1-10(11,9(13)14)5-4-6-12(2)7-8-17(3,15)16/h4-8,11H2,1-3H3,(H,13,14). The Bertz CT molecular complexity index is 351. The maximum atomic E-state index is 10.9. The smallest absolute Gasteiger partial charge is 0.323 e. The fraction of sp³-hybridized carbons (Fsp3) is 0.900. The molecule has 0 fully saturated rings. The first-order valence-electron chi connectivity index (χ1n) is 5.43. The predicted molar refractivity (Wildman–Crippen MR) is 66.7 cm³/mol. The first-order valence-corrected chi connectivity index (χ1v) is 7.49. The highest BCUT2D eigenvalue weighted by molar-refractivity contribution is 7.90. The summed E-state index contributed by atoms with van der Waals surface area (Å²) in [5.74, 6) is -0.904. The van der Waals surface area contributed by atoms with Crippen molar-refractivity contribution < 1.29 is 18.3 Å². The van der Waals surface area contributed by atoms with Gasteiger partial charge in [0.25, 0.3) is 0 Å². The number of nitrogens with zero attached hydrogens (tertiary/aromatic N) is 1. The van der Waals surface area contributed by atoms with Gasteiger partial charge in [0.2, 0.25) is 0 Å². The Hall–Kier alpha value is -0.660. The number of hydrogen-bond acceptors (Lipinski definition) is 5. The highest BCUT2D eigenvalue weighted by Crippen LogP contribution is 2.09. The molecule has 1 unspecified atom stereocenters. The van der Waals surface area contributed by atoms with Gasteiger partial charge < -0.3 is 15.7 Å². The average Bonchev–Trinajstić information content (AvgIpc) is 2.13. The summed E-state index contributed by atoms with van der Waals surface area (Å²) in [4.78, 5) is 12.6. The van der Waals surface area contributed by atoms with E-state index in [2.05, 4.69) is 0 Å². The van der Waals surface area contributed by atoms with Gasteiger partial charge in [-0.15, -0.1) is 0 Å². The van der Waals surface area contributed by atoms with Crippen molar-refractivity contribution in [2.45, 2.75) is 25.3 Å². The number of aliphatic carboxylic acids is 1. The molecule has 0 heterocycles. The molecule has 0 rings (SSSR count). The van der Waals surface area contributed by atoms with E-state index in [1.165, 1.54) is 13.2 Å². The van der Waals surface area contributed by atoms with Crippen LogP contribution in [0.25, 0.3) is 0 Å². The Morgan fingerprint density at radius 1 is 1.41 bits per heavy atom. The van der Waals surface area contributed by atoms with Gasteiger partial charge in [-0.3, -0.25) is 4.79 Å². The lowest BCUT2D eigenvalue weighted by molar-refractivity contribution is -0.142. The Kier molecular flexibility index (Phi) is 6.08. The second kappa shape index (κ2) is 6.32. The lowest BCUT2D eigenvalue weighted by Gasteiger charge is -2.21. The number of carboxylic acid groups (broad SMARTS) is 1. The third-order valence-electron chi connectivity index (χ3n) is 2.57. The molecule has 0 saturated heterocycles. The number of carboxylic acids is 1. The van der Waals surface area contributed by atoms with Crippen LogP contribution in [0.5, 0.6) is 0 Å². The van der Waals surface area contributed by atoms with Crippen molar-refractivity contribution >= 4 is 15.8 Å². The zero-order chi connectivity index (χ0) is 13.7. The minimum atomic E-state index is -2.95. The molecule has 0 aromatic rings. The Morgan fingerprint density at radius 3 is 2.35 bits per heavy atom. The summed E-state index contributed by atoms with van der Waals surface area (Å²) in [5.41, 5.74) is 4.36. The monoisotopic (exact) mass is 266 g/mol. The van der Waals surface area contributed by atoms with Gasteiger partial charge in [0.15, 0.2) is 0 Å². The molecule has 17 heavy (non-hydrogen) atoms. The fourth-order valence-corrected chi connectivity index (χ4v) is 1.90. The molecule has 0 amide bonds. The lowest BCUT2D eigenvalue weighted by Crippen LogP contribution is -2.45. The number of sulfone groups is 1. The van der Waals surface area contributed by atoms with Crippen molar-refractivity contribution in [3.8, 4) is 0 Å². The van der Waals surface area contributed by atoms with Gasteiger partial charge in [0, 0.05) is 12.8 Å². The van der Waals surface area contributed by atoms with E-state index in [4.69, 9.17) is 10.8 Å². The largest absolute Gasteiger partial charge is 0.480 e. The van der Waals surface area contributed by atoms with Crippen LogP contribution in [0.3, 0.4) is 0 Å². The minimum Gasteiger partial charge on any atom is -0.480 e. The summed E-state index contributed by atoms with van der Waals surface area (Å²) in [5, 5.41) is 8.80. The normalized spacial score (nSPS) is 15.8. The van der Waals surface area contributed by atoms with Crippen LogP contribution in [-0.2, 0) is 14.6 Å². The number of rotatable bonds is 8. The molecule has 102 valence electrons. The predicted octanol–water partition coefficient (Wildman–Crippen LogP) is -0.455. The topological polar surface area (TPSA) is 101 Å². The number of hydrogen-bond donors (Lipinski definition) is 2. The van der Waals surface area contributed by atoms with Gasteiger partial charge in [0.05, 0.1) is 5.75 Å². The maximum Gasteiger partial charge on any atom is 0.323 e. The average molecular weight is 266 g/mol. The number of carbonyl (C=O) groups is 1. The summed E-state index contributed by atoms with van der Waals surface area (Å²) in [6.45, 7) is 2.56. The van der Waals surface area contributed by atoms with Crippen LogP contribution in [0, 0.1) is 0 Å². The van der Waals surface area contributed by atoms with E-state index in [0.29, 0.717) is 25.9 Å². The molecule has 6 nitrogen and oxygen atoms in total. The first-order chi connectivity index (χ1) is 7.54. The lowest BCUT2D eigenvalue weighted by atomic mass is 9.97. The zero-order valence-corrected chi connectivity index (χ0v) is 11.5. The van der Waals surface area contributed by atoms with E-state index in [0.717, 1.165) is 0 Å². The summed E-state index contributed by atoms with van der Waals surface area (Å²) >= 11 is 0. The molecule has 0 radical (unpaired) electrons. The van der Waals surface area contributed by atoms with Gasteiger partial charge in [0.1, 0.15) is 15.4 Å². The SMILES string of the molecule is CN(CCCC(C)(N)C(=O)O)CCS(C)(=O)=O. The zero-order valence-electron chi connectivity index (χ0n) is 10.6. The van der Waals surface area contributed by atoms with Crippen LogP contribution < -0.4 is 5.73 Å². The van der Waals surface area contributed by atoms with Gasteiger partial charge in [-0.05, 0) is 33.4 Å². The molecule has 0 bridgehead atoms. The van der Waals surface area contributed by atoms with E-state index < -0.39 is 21.3 Å². The van der Waals surface area contributed by atoms with Crippen molar-refractivity contribution in [3.05, 3.63) is 0 Å². The quantitative estimate of drug-likeness (QED) is 0.617. The molecule has 3 N–H and O–H groups in total. The Morgan fingerprint density at radius 2 is 1.94 bits per heavy atom. The van der Waals surface area contributed by atoms with Crippen molar-refractivity contribution in [2.75, 3.05) is 32.1 Å². The molecule has 0 spiro atoms. The van der Waals surface area contributed by atoms with Crippen molar-refractivity contribution in [3.63, 3.8) is 0 Å². The highest BCUT2D eigenvalue weighted by atomic mass is 32.2. The van der Waals surface area contributed by atoms with Gasteiger partial charge >= 0.3 is 5.97 Å². The number of nitrogens with two attached hydrogens (primary N) is 1. The van der Waals surface area contributed by atoms with Crippen LogP contribution in [0.15, 0.2) is 0 Å². The van der Waals surface area contributed by atoms with E-state index >= 15 is 0 Å². The molecule has 0 saturated carbocycles. The summed E-state index contributed by atoms with van der Waals surface area (Å²) in [7, 11) is -1.14. The first kappa shape index (κ1) is 16.3. The molecular weight excluding hydrogens is 244 g/mol. The Labute approximate surface area is 103 Å². The second-order valence-corrected chi connectivity index (χ2v) is 7.02. The van der Waals surface area contributed by atoms with Crippen molar-refractivity contribution in [1.82, 2.24) is 4.90 Å². The minimum absolute atomic E-state index is 0.113. The molecule has 0 aromatic carbocycles. The molecule has 0 aromatic heterocycles. The fourth-order valence-electron chi connectivity index (χ4n) is 1.26. The molecule has 1 atom stereocenters. The molecule has 7 heteroatoms. The van der Waals surface area contributed by atoms with Crippen LogP contribution >= 0.6 is 0 Å². The second-order valence-electron chi connectivity index (χ2n) is 4.76. The molecular formula is C10H22N2O4S. The van der Waals surface area contributed by atoms with Crippen molar-refractivity contribution in [1.29, 1.82) is 0 Å². The van der Waals surface area contributed by atoms with E-state index in [9.17, 15) is 13.2 Å². The third kappa shape index (κ3) is 8.12. The van der Waals surface area contributed by atoms with Gasteiger partial charge in [-0.25, -0.2) is 8.42 Å². The third-order valence-corrected chi connectivity index (χ3v) is 3.49. The van der Waals surface area contributed by atoms with Crippen LogP contribution in [0.1, 0.15) is 19.8 Å². The maximum absolute atomic E-state index is 10.9. The molecule has 0 aliphatic heterocycles. The van der Waals surface area contributed by atoms with Crippen LogP contribution in [-0.4, -0.2) is 62.1 Å². The van der Waals surface area contributed by atoms with Crippen LogP contribution in [0.4, 0.5) is 0 Å². The summed E-state index contributed by atoms with van der Waals surface area (Å²) < 4.78 is 21.9. The summed E-state index contributed by atoms with van der Waals surface area (Å²) in [6, 6.07) is 0. The van der Waals surface area contributed by atoms with Crippen LogP contribution in [0.2, 0.25) is 0 Å². The van der Waals surface area contributed by atoms with Gasteiger partial charge in [-0.2, -0.15) is 0 Å². The van der Waals surface area contributed by atoms with E-state index in [1.54, 1.807) is 7.05 Å². The van der Waals surface area contributed by atoms with E-state index in [-0.39, 0.29) is 5.75 Å². The van der Waals surface area contributed by atoms with Crippen molar-refractivity contribution in [2.24, 2.45) is 5.73 Å². The molecule has 0 aliphatic rings. The Balaban J connectivity index is 3.87. The van der Waals surface area contributed by atoms with E-state index in [1.807, 2.05) is 4.90 Å². The highest BCUT2D eigenvalue weighted by Gasteiger charge is 2.26. The molecule has 0 aliphatic carbocycles. The summed E-state index contributed by atoms with van der Waals surface area (Å²) in [6.07, 6.45) is 2.19.